The fourth-order valence-corrected chi connectivity index (χ4v) is 4.10. The highest BCUT2D eigenvalue weighted by Crippen LogP contribution is 2.48. The van der Waals surface area contributed by atoms with Crippen LogP contribution in [0.4, 0.5) is 0 Å². The molecular formula is C20H35O2PS2. The number of thiol groups is 1. The van der Waals surface area contributed by atoms with Gasteiger partial charge in [0.25, 0.3) is 5.69 Å². The molecule has 0 radical (unpaired) electrons. The summed E-state index contributed by atoms with van der Waals surface area (Å²) in [6.45, 7) is 4.48. The molecule has 0 aliphatic heterocycles. The van der Waals surface area contributed by atoms with Gasteiger partial charge in [0.15, 0.2) is 0 Å². The molecule has 0 aliphatic carbocycles. The molecule has 1 aromatic rings. The summed E-state index contributed by atoms with van der Waals surface area (Å²) in [5.74, 6) is 0.738. The second-order valence-corrected chi connectivity index (χ2v) is 11.9. The molecular weight excluding hydrogens is 367 g/mol. The van der Waals surface area contributed by atoms with Crippen molar-refractivity contribution in [3.05, 3.63) is 29.3 Å². The lowest BCUT2D eigenvalue weighted by atomic mass is 9.95. The molecule has 1 N–H and O–H groups in total. The van der Waals surface area contributed by atoms with E-state index in [9.17, 15) is 4.89 Å². The van der Waals surface area contributed by atoms with E-state index in [-0.39, 0.29) is 0 Å². The molecule has 5 heteroatoms. The monoisotopic (exact) mass is 402 g/mol. The first-order valence-corrected chi connectivity index (χ1v) is 13.7. The summed E-state index contributed by atoms with van der Waals surface area (Å²) in [5.41, 5.74) is -0.420. The minimum Gasteiger partial charge on any atom is -0.436 e. The Balaban J connectivity index is 2.74. The highest BCUT2D eigenvalue weighted by atomic mass is 32.9. The summed E-state index contributed by atoms with van der Waals surface area (Å²) in [5, 5.41) is 0. The van der Waals surface area contributed by atoms with Crippen LogP contribution in [0.3, 0.4) is 0 Å². The maximum atomic E-state index is 9.87. The van der Waals surface area contributed by atoms with E-state index in [2.05, 4.69) is 32.2 Å². The zero-order valence-electron chi connectivity index (χ0n) is 15.9. The highest BCUT2D eigenvalue weighted by Gasteiger charge is 2.15. The van der Waals surface area contributed by atoms with Crippen molar-refractivity contribution >= 4 is 29.7 Å². The van der Waals surface area contributed by atoms with Crippen molar-refractivity contribution in [3.63, 3.8) is 0 Å². The van der Waals surface area contributed by atoms with E-state index in [1.807, 2.05) is 12.1 Å². The van der Waals surface area contributed by atoms with Gasteiger partial charge in [0.2, 0.25) is 0 Å². The molecule has 1 unspecified atom stereocenters. The standard InChI is InChI=1S/C20H35O2PS2/c1-3-5-7-9-11-14-18-15-13-17-20(22-23(21,24)25)19(18)16-12-10-8-6-4-2/h13,15,17H,3-12,14,16H2,1-2H3,(H2,21,24,25). The van der Waals surface area contributed by atoms with Crippen molar-refractivity contribution in [2.45, 2.75) is 90.9 Å². The molecule has 0 spiro atoms. The van der Waals surface area contributed by atoms with E-state index in [0.717, 1.165) is 25.0 Å². The van der Waals surface area contributed by atoms with Crippen LogP contribution >= 0.6 is 17.9 Å². The summed E-state index contributed by atoms with van der Waals surface area (Å²) < 4.78 is 5.64. The number of hydrogen-bond acceptors (Lipinski definition) is 2. The van der Waals surface area contributed by atoms with Gasteiger partial charge in [0, 0.05) is 0 Å². The van der Waals surface area contributed by atoms with Gasteiger partial charge in [-0.05, 0) is 54.7 Å². The van der Waals surface area contributed by atoms with E-state index in [1.165, 1.54) is 68.9 Å². The fraction of sp³-hybridized carbons (Fsp3) is 0.700. The quantitative estimate of drug-likeness (QED) is 0.195. The van der Waals surface area contributed by atoms with Crippen LogP contribution in [-0.2, 0) is 24.6 Å². The lowest BCUT2D eigenvalue weighted by molar-refractivity contribution is 0.498. The van der Waals surface area contributed by atoms with Crippen LogP contribution in [0.1, 0.15) is 89.2 Å². The molecule has 0 aromatic heterocycles. The molecule has 1 atom stereocenters. The number of rotatable bonds is 14. The van der Waals surface area contributed by atoms with Gasteiger partial charge >= 0.3 is 0 Å². The maximum absolute atomic E-state index is 9.87. The van der Waals surface area contributed by atoms with Gasteiger partial charge < -0.3 is 9.42 Å². The molecule has 0 aliphatic rings. The van der Waals surface area contributed by atoms with Gasteiger partial charge in [-0.15, -0.1) is 0 Å². The normalized spacial score (nSPS) is 13.6. The van der Waals surface area contributed by atoms with Crippen LogP contribution in [0, 0.1) is 0 Å². The van der Waals surface area contributed by atoms with Crippen molar-refractivity contribution in [3.8, 4) is 5.75 Å². The first kappa shape index (κ1) is 23.0. The number of unbranched alkanes of at least 4 members (excludes halogenated alkanes) is 8. The molecule has 25 heavy (non-hydrogen) atoms. The van der Waals surface area contributed by atoms with Gasteiger partial charge in [-0.2, -0.15) is 0 Å². The third-order valence-corrected chi connectivity index (χ3v) is 5.43. The molecule has 2 nitrogen and oxygen atoms in total. The van der Waals surface area contributed by atoms with Gasteiger partial charge in [-0.1, -0.05) is 89.6 Å². The van der Waals surface area contributed by atoms with E-state index < -0.39 is 5.69 Å². The second-order valence-electron chi connectivity index (χ2n) is 6.80. The van der Waals surface area contributed by atoms with Crippen LogP contribution in [-0.4, -0.2) is 4.89 Å². The lowest BCUT2D eigenvalue weighted by Gasteiger charge is -2.18. The Morgan fingerprint density at radius 3 is 2.04 bits per heavy atom. The zero-order chi connectivity index (χ0) is 18.5. The average molecular weight is 403 g/mol. The zero-order valence-corrected chi connectivity index (χ0v) is 18.5. The predicted molar refractivity (Wildman–Crippen MR) is 117 cm³/mol. The van der Waals surface area contributed by atoms with Crippen LogP contribution in [0.2, 0.25) is 0 Å². The van der Waals surface area contributed by atoms with Crippen molar-refractivity contribution in [2.75, 3.05) is 0 Å². The van der Waals surface area contributed by atoms with Gasteiger partial charge in [0.05, 0.1) is 0 Å². The first-order valence-electron chi connectivity index (χ1n) is 9.83. The van der Waals surface area contributed by atoms with Gasteiger partial charge in [-0.3, -0.25) is 0 Å². The van der Waals surface area contributed by atoms with E-state index in [0.29, 0.717) is 0 Å². The Labute approximate surface area is 165 Å². The summed E-state index contributed by atoms with van der Waals surface area (Å²) in [6.07, 6.45) is 14.7. The SMILES string of the molecule is CCCCCCCc1cccc(OP(O)(=S)S)c1CCCCCCC. The molecule has 0 heterocycles. The van der Waals surface area contributed by atoms with Gasteiger partial charge in [0.1, 0.15) is 5.75 Å². The summed E-state index contributed by atoms with van der Waals surface area (Å²) in [6, 6.07) is 6.14. The van der Waals surface area contributed by atoms with Crippen LogP contribution in [0.5, 0.6) is 5.75 Å². The molecule has 0 fully saturated rings. The number of benzene rings is 1. The minimum absolute atomic E-state index is 0.738. The van der Waals surface area contributed by atoms with Crippen molar-refractivity contribution in [1.29, 1.82) is 0 Å². The highest BCUT2D eigenvalue weighted by molar-refractivity contribution is 8.59. The van der Waals surface area contributed by atoms with Crippen LogP contribution in [0.25, 0.3) is 0 Å². The Kier molecular flexibility index (Phi) is 12.1. The van der Waals surface area contributed by atoms with Gasteiger partial charge in [-0.25, -0.2) is 0 Å². The molecule has 0 amide bonds. The Morgan fingerprint density at radius 1 is 0.920 bits per heavy atom. The summed E-state index contributed by atoms with van der Waals surface area (Å²) >= 11 is 9.04. The molecule has 0 bridgehead atoms. The van der Waals surface area contributed by atoms with E-state index >= 15 is 0 Å². The van der Waals surface area contributed by atoms with Crippen molar-refractivity contribution in [2.24, 2.45) is 0 Å². The smallest absolute Gasteiger partial charge is 0.291 e. The maximum Gasteiger partial charge on any atom is 0.291 e. The van der Waals surface area contributed by atoms with Crippen LogP contribution in [0.15, 0.2) is 18.2 Å². The van der Waals surface area contributed by atoms with E-state index in [4.69, 9.17) is 16.3 Å². The topological polar surface area (TPSA) is 29.5 Å². The fourth-order valence-electron chi connectivity index (χ4n) is 3.17. The van der Waals surface area contributed by atoms with Crippen LogP contribution < -0.4 is 4.52 Å². The molecule has 1 aromatic carbocycles. The van der Waals surface area contributed by atoms with E-state index in [1.54, 1.807) is 0 Å². The third kappa shape index (κ3) is 10.7. The third-order valence-electron chi connectivity index (χ3n) is 4.53. The largest absolute Gasteiger partial charge is 0.436 e. The molecule has 0 saturated carbocycles. The lowest BCUT2D eigenvalue weighted by Crippen LogP contribution is -2.00. The van der Waals surface area contributed by atoms with Crippen molar-refractivity contribution in [1.82, 2.24) is 0 Å². The second kappa shape index (κ2) is 13.2. The van der Waals surface area contributed by atoms with Crippen molar-refractivity contribution < 1.29 is 9.42 Å². The molecule has 1 rings (SSSR count). The molecule has 144 valence electrons. The minimum atomic E-state index is -3.00. The number of hydrogen-bond donors (Lipinski definition) is 2. The Bertz CT molecular complexity index is 528. The Hall–Kier alpha value is -0.0200. The first-order chi connectivity index (χ1) is 12.0. The molecule has 0 saturated heterocycles. The predicted octanol–water partition coefficient (Wildman–Crippen LogP) is 7.24. The summed E-state index contributed by atoms with van der Waals surface area (Å²) in [7, 11) is 0. The summed E-state index contributed by atoms with van der Waals surface area (Å²) in [4.78, 5) is 9.87. The number of aryl methyl sites for hydroxylation is 1. The average Bonchev–Trinajstić information content (AvgIpc) is 2.55. The Morgan fingerprint density at radius 2 is 1.48 bits per heavy atom.